The van der Waals surface area contributed by atoms with Crippen molar-refractivity contribution in [3.8, 4) is 0 Å². The number of fused-ring (bicyclic) bond motifs is 1. The number of hydrogen-bond donors (Lipinski definition) is 1. The summed E-state index contributed by atoms with van der Waals surface area (Å²) in [7, 11) is -1.78. The Kier molecular flexibility index (Phi) is 2.31. The van der Waals surface area contributed by atoms with Crippen LogP contribution in [-0.4, -0.2) is 27.5 Å². The zero-order valence-electron chi connectivity index (χ0n) is 8.67. The first-order valence-electron chi connectivity index (χ1n) is 4.64. The van der Waals surface area contributed by atoms with Gasteiger partial charge in [-0.15, -0.1) is 0 Å². The average molecular weight is 239 g/mol. The zero-order chi connectivity index (χ0) is 11.9. The Morgan fingerprint density at radius 1 is 1.50 bits per heavy atom. The van der Waals surface area contributed by atoms with E-state index in [1.165, 1.54) is 11.4 Å². The molecule has 0 spiro atoms. The van der Waals surface area contributed by atoms with E-state index in [0.717, 1.165) is 6.21 Å². The van der Waals surface area contributed by atoms with E-state index in [4.69, 9.17) is 5.41 Å². The van der Waals surface area contributed by atoms with Crippen molar-refractivity contribution in [3.63, 3.8) is 0 Å². The van der Waals surface area contributed by atoms with Crippen molar-refractivity contribution < 1.29 is 18.6 Å². The zero-order valence-corrected chi connectivity index (χ0v) is 9.49. The molecule has 1 aliphatic heterocycles. The van der Waals surface area contributed by atoms with Gasteiger partial charge >= 0.3 is 0 Å². The smallest absolute Gasteiger partial charge is 0.248 e. The molecule has 1 aromatic rings. The fourth-order valence-corrected chi connectivity index (χ4v) is 2.97. The van der Waals surface area contributed by atoms with Crippen LogP contribution in [0.3, 0.4) is 0 Å². The molecule has 1 aromatic carbocycles. The highest BCUT2D eigenvalue weighted by Gasteiger charge is 2.30. The number of Topliss-reactive ketones (excluding diaryl/α,β-unsaturated/α-hetero) is 1. The third kappa shape index (κ3) is 1.51. The Hall–Kier alpha value is -1.69. The lowest BCUT2D eigenvalue weighted by Crippen LogP contribution is -2.34. The summed E-state index contributed by atoms with van der Waals surface area (Å²) in [6.07, 6.45) is 0.963. The molecule has 0 fully saturated rings. The summed E-state index contributed by atoms with van der Waals surface area (Å²) in [6, 6.07) is 4.78. The third-order valence-corrected chi connectivity index (χ3v) is 4.32. The van der Waals surface area contributed by atoms with Crippen LogP contribution in [0.15, 0.2) is 18.2 Å². The second-order valence-corrected chi connectivity index (χ2v) is 5.60. The first kappa shape index (κ1) is 10.8. The molecule has 0 unspecified atom stereocenters. The second-order valence-electron chi connectivity index (χ2n) is 3.60. The summed E-state index contributed by atoms with van der Waals surface area (Å²) in [5, 5.41) is 5.13. The highest BCUT2D eigenvalue weighted by Crippen LogP contribution is 2.32. The number of carbonyl (C=O) groups excluding carboxylic acids is 1. The van der Waals surface area contributed by atoms with Gasteiger partial charge in [0.1, 0.15) is 0 Å². The van der Waals surface area contributed by atoms with Crippen LogP contribution in [-0.2, 0) is 15.8 Å². The van der Waals surface area contributed by atoms with Crippen molar-refractivity contribution >= 4 is 27.7 Å². The van der Waals surface area contributed by atoms with Gasteiger partial charge in [0, 0.05) is 12.6 Å². The van der Waals surface area contributed by atoms with Crippen molar-refractivity contribution in [3.05, 3.63) is 29.3 Å². The number of hydrogen-bond acceptors (Lipinski definition) is 3. The van der Waals surface area contributed by atoms with Crippen LogP contribution in [0.4, 0.5) is 5.69 Å². The maximum absolute atomic E-state index is 11.6. The van der Waals surface area contributed by atoms with Gasteiger partial charge in [-0.1, -0.05) is 12.1 Å². The predicted octanol–water partition coefficient (Wildman–Crippen LogP) is -1.02. The molecule has 0 atom stereocenters. The number of benzene rings is 1. The highest BCUT2D eigenvalue weighted by molar-refractivity contribution is 7.92. The number of sulfonamides is 1. The van der Waals surface area contributed by atoms with Gasteiger partial charge < -0.3 is 0 Å². The Balaban J connectivity index is 2.55. The van der Waals surface area contributed by atoms with Crippen molar-refractivity contribution in [1.29, 1.82) is 0 Å². The highest BCUT2D eigenvalue weighted by atomic mass is 32.2. The maximum atomic E-state index is 11.6. The van der Waals surface area contributed by atoms with Crippen LogP contribution in [0.25, 0.3) is 0 Å². The molecule has 16 heavy (non-hydrogen) atoms. The number of carbonyl (C=O) groups is 1. The normalized spacial score (nSPS) is 16.9. The Bertz CT molecular complexity index is 578. The number of rotatable bonds is 2. The van der Waals surface area contributed by atoms with Gasteiger partial charge in [-0.25, -0.2) is 8.42 Å². The summed E-state index contributed by atoms with van der Waals surface area (Å²) >= 11 is 0. The minimum absolute atomic E-state index is 0.0142. The minimum atomic E-state index is -3.25. The molecule has 2 rings (SSSR count). The van der Waals surface area contributed by atoms with E-state index in [1.807, 2.05) is 0 Å². The topological polar surface area (TPSA) is 80.0 Å². The Morgan fingerprint density at radius 3 is 2.81 bits per heavy atom. The summed E-state index contributed by atoms with van der Waals surface area (Å²) in [5.41, 5.74) is 1.65. The molecule has 0 saturated heterocycles. The van der Waals surface area contributed by atoms with Crippen LogP contribution in [0.5, 0.6) is 0 Å². The van der Waals surface area contributed by atoms with Crippen LogP contribution in [0.2, 0.25) is 0 Å². The van der Waals surface area contributed by atoms with Crippen LogP contribution in [0.1, 0.15) is 15.9 Å². The maximum Gasteiger partial charge on any atom is 0.248 e. The third-order valence-electron chi connectivity index (χ3n) is 2.62. The van der Waals surface area contributed by atoms with Gasteiger partial charge in [0.15, 0.2) is 0 Å². The number of nitrogens with two attached hydrogens (primary N) is 1. The van der Waals surface area contributed by atoms with E-state index in [-0.39, 0.29) is 11.5 Å². The molecule has 0 saturated carbocycles. The summed E-state index contributed by atoms with van der Waals surface area (Å²) in [4.78, 5) is 11.3. The van der Waals surface area contributed by atoms with E-state index in [2.05, 4.69) is 0 Å². The van der Waals surface area contributed by atoms with E-state index in [0.29, 0.717) is 16.8 Å². The fraction of sp³-hybridized carbons (Fsp3) is 0.200. The van der Waals surface area contributed by atoms with Gasteiger partial charge in [-0.2, -0.15) is 0 Å². The Labute approximate surface area is 93.3 Å². The molecule has 1 heterocycles. The molecular formula is C10H11N2O3S+. The fourth-order valence-electron chi connectivity index (χ4n) is 1.67. The van der Waals surface area contributed by atoms with E-state index < -0.39 is 10.0 Å². The average Bonchev–Trinajstić information content (AvgIpc) is 2.48. The van der Waals surface area contributed by atoms with Crippen molar-refractivity contribution in [1.82, 2.24) is 0 Å². The lowest BCUT2D eigenvalue weighted by molar-refractivity contribution is -0.104. The number of anilines is 1. The van der Waals surface area contributed by atoms with Gasteiger partial charge in [0.05, 0.1) is 11.4 Å². The molecule has 0 radical (unpaired) electrons. The molecule has 0 aromatic heterocycles. The first-order chi connectivity index (χ1) is 7.45. The second kappa shape index (κ2) is 3.41. The lowest BCUT2D eigenvalue weighted by atomic mass is 10.1. The van der Waals surface area contributed by atoms with Gasteiger partial charge in [0.2, 0.25) is 22.0 Å². The monoisotopic (exact) mass is 239 g/mol. The van der Waals surface area contributed by atoms with Gasteiger partial charge in [0.25, 0.3) is 0 Å². The quantitative estimate of drug-likeness (QED) is 0.530. The van der Waals surface area contributed by atoms with Crippen LogP contribution < -0.4 is 9.71 Å². The standard InChI is InChI=1S/C10H10N2O3S/c1-12-9-4-7(10(13)5-11)2-3-8(9)6-16(12,14)15/h2-5,11H,6H2,1H3/p+1. The Morgan fingerprint density at radius 2 is 2.19 bits per heavy atom. The molecule has 84 valence electrons. The summed E-state index contributed by atoms with van der Waals surface area (Å²) in [6.45, 7) is 0. The van der Waals surface area contributed by atoms with Gasteiger partial charge in [-0.3, -0.25) is 14.5 Å². The molecule has 0 aliphatic carbocycles. The molecule has 0 bridgehead atoms. The minimum Gasteiger partial charge on any atom is -0.283 e. The SMILES string of the molecule is CN1c2cc(C(=O)C=[NH2+])ccc2CS1(=O)=O. The largest absolute Gasteiger partial charge is 0.283 e. The van der Waals surface area contributed by atoms with E-state index in [9.17, 15) is 13.2 Å². The summed E-state index contributed by atoms with van der Waals surface area (Å²) < 4.78 is 24.3. The van der Waals surface area contributed by atoms with E-state index >= 15 is 0 Å². The molecule has 0 amide bonds. The molecule has 6 heteroatoms. The lowest BCUT2D eigenvalue weighted by Gasteiger charge is -2.11. The first-order valence-corrected chi connectivity index (χ1v) is 6.25. The molecule has 5 nitrogen and oxygen atoms in total. The molecule has 2 N–H and O–H groups in total. The number of ketones is 1. The van der Waals surface area contributed by atoms with Crippen molar-refractivity contribution in [2.24, 2.45) is 0 Å². The summed E-state index contributed by atoms with van der Waals surface area (Å²) in [5.74, 6) is -0.333. The number of nitrogens with zero attached hydrogens (tertiary/aromatic N) is 1. The van der Waals surface area contributed by atoms with E-state index in [1.54, 1.807) is 18.2 Å². The van der Waals surface area contributed by atoms with Crippen molar-refractivity contribution in [2.45, 2.75) is 5.75 Å². The molecular weight excluding hydrogens is 228 g/mol. The van der Waals surface area contributed by atoms with Gasteiger partial charge in [-0.05, 0) is 11.6 Å². The van der Waals surface area contributed by atoms with Crippen LogP contribution in [0, 0.1) is 0 Å². The predicted molar refractivity (Wildman–Crippen MR) is 59.8 cm³/mol. The van der Waals surface area contributed by atoms with Crippen molar-refractivity contribution in [2.75, 3.05) is 11.4 Å². The molecule has 1 aliphatic rings. The van der Waals surface area contributed by atoms with Crippen LogP contribution >= 0.6 is 0 Å².